The van der Waals surface area contributed by atoms with Crippen molar-refractivity contribution in [3.05, 3.63) is 35.5 Å². The van der Waals surface area contributed by atoms with Crippen molar-refractivity contribution in [2.45, 2.75) is 32.1 Å². The molecule has 0 atom stereocenters. The van der Waals surface area contributed by atoms with Gasteiger partial charge in [-0.25, -0.2) is 14.7 Å². The van der Waals surface area contributed by atoms with Crippen LogP contribution < -0.4 is 4.90 Å². The number of rotatable bonds is 6. The van der Waals surface area contributed by atoms with E-state index in [1.54, 1.807) is 18.3 Å². The number of carbonyl (C=O) groups excluding carboxylic acids is 3. The van der Waals surface area contributed by atoms with Crippen molar-refractivity contribution in [1.29, 1.82) is 5.26 Å². The van der Waals surface area contributed by atoms with Gasteiger partial charge < -0.3 is 4.90 Å². The predicted molar refractivity (Wildman–Crippen MR) is 113 cm³/mol. The summed E-state index contributed by atoms with van der Waals surface area (Å²) >= 11 is 0. The number of hydrogen-bond acceptors (Lipinski definition) is 7. The van der Waals surface area contributed by atoms with Gasteiger partial charge in [-0.15, -0.1) is 0 Å². The summed E-state index contributed by atoms with van der Waals surface area (Å²) < 4.78 is 0. The number of allylic oxidation sites excluding steroid dienone is 1. The highest BCUT2D eigenvalue weighted by Crippen LogP contribution is 2.22. The summed E-state index contributed by atoms with van der Waals surface area (Å²) in [4.78, 5) is 48.1. The molecule has 4 amide bonds. The van der Waals surface area contributed by atoms with E-state index >= 15 is 0 Å². The second-order valence-electron chi connectivity index (χ2n) is 8.09. The van der Waals surface area contributed by atoms with Crippen molar-refractivity contribution >= 4 is 23.7 Å². The average Bonchev–Trinajstić information content (AvgIpc) is 3.02. The molecule has 3 aliphatic rings. The van der Waals surface area contributed by atoms with Crippen molar-refractivity contribution < 1.29 is 14.4 Å². The molecule has 0 saturated carbocycles. The fourth-order valence-corrected chi connectivity index (χ4v) is 4.24. The lowest BCUT2D eigenvalue weighted by molar-refractivity contribution is -0.144. The Kier molecular flexibility index (Phi) is 6.28. The van der Waals surface area contributed by atoms with E-state index in [-0.39, 0.29) is 13.2 Å². The van der Waals surface area contributed by atoms with Gasteiger partial charge in [-0.3, -0.25) is 19.4 Å². The second kappa shape index (κ2) is 9.27. The van der Waals surface area contributed by atoms with E-state index in [0.717, 1.165) is 34.9 Å². The molecule has 9 nitrogen and oxygen atoms in total. The molecular formula is C22H26N6O3. The largest absolute Gasteiger partial charge is 0.354 e. The summed E-state index contributed by atoms with van der Waals surface area (Å²) in [5.74, 6) is -0.726. The zero-order valence-electron chi connectivity index (χ0n) is 17.5. The van der Waals surface area contributed by atoms with Crippen LogP contribution in [0.1, 0.15) is 37.7 Å². The fourth-order valence-electron chi connectivity index (χ4n) is 4.24. The van der Waals surface area contributed by atoms with Crippen molar-refractivity contribution in [2.75, 3.05) is 44.3 Å². The normalized spacial score (nSPS) is 20.3. The Morgan fingerprint density at radius 3 is 2.52 bits per heavy atom. The molecule has 2 fully saturated rings. The van der Waals surface area contributed by atoms with Crippen LogP contribution in [-0.4, -0.2) is 76.9 Å². The van der Waals surface area contributed by atoms with E-state index in [9.17, 15) is 14.4 Å². The number of nitriles is 1. The molecule has 9 heteroatoms. The predicted octanol–water partition coefficient (Wildman–Crippen LogP) is 1.71. The summed E-state index contributed by atoms with van der Waals surface area (Å²) in [6.07, 6.45) is 8.83. The van der Waals surface area contributed by atoms with Crippen LogP contribution in [0.2, 0.25) is 0 Å². The second-order valence-corrected chi connectivity index (χ2v) is 8.09. The molecule has 0 spiro atoms. The molecule has 2 saturated heterocycles. The quantitative estimate of drug-likeness (QED) is 0.391. The Hall–Kier alpha value is -3.25. The first-order chi connectivity index (χ1) is 15.1. The van der Waals surface area contributed by atoms with Gasteiger partial charge in [-0.1, -0.05) is 11.6 Å². The van der Waals surface area contributed by atoms with Crippen molar-refractivity contribution in [3.63, 3.8) is 0 Å². The number of aromatic nitrogens is 1. The number of amides is 4. The number of urea groups is 1. The molecule has 1 aliphatic carbocycles. The lowest BCUT2D eigenvalue weighted by Gasteiger charge is -2.36. The summed E-state index contributed by atoms with van der Waals surface area (Å²) in [7, 11) is 0. The third-order valence-electron chi connectivity index (χ3n) is 6.09. The summed E-state index contributed by atoms with van der Waals surface area (Å²) in [5.41, 5.74) is 1.83. The molecule has 31 heavy (non-hydrogen) atoms. The Morgan fingerprint density at radius 2 is 1.81 bits per heavy atom. The number of carbonyl (C=O) groups is 3. The maximum Gasteiger partial charge on any atom is 0.335 e. The molecule has 0 N–H and O–H groups in total. The number of imide groups is 2. The summed E-state index contributed by atoms with van der Waals surface area (Å²) in [6.45, 7) is 2.93. The van der Waals surface area contributed by atoms with Crippen molar-refractivity contribution in [1.82, 2.24) is 19.7 Å². The zero-order valence-corrected chi connectivity index (χ0v) is 17.5. The number of piperazine rings is 1. The smallest absolute Gasteiger partial charge is 0.335 e. The molecule has 0 bridgehead atoms. The zero-order chi connectivity index (χ0) is 21.8. The van der Waals surface area contributed by atoms with E-state index in [2.05, 4.69) is 22.0 Å². The highest BCUT2D eigenvalue weighted by molar-refractivity contribution is 6.44. The average molecular weight is 422 g/mol. The van der Waals surface area contributed by atoms with Crippen LogP contribution in [0.5, 0.6) is 0 Å². The van der Waals surface area contributed by atoms with Gasteiger partial charge in [0.05, 0.1) is 18.3 Å². The van der Waals surface area contributed by atoms with Crippen LogP contribution >= 0.6 is 0 Å². The van der Waals surface area contributed by atoms with Crippen LogP contribution in [0.25, 0.3) is 0 Å². The SMILES string of the molecule is N#Cc1ccnc(N2CCN(CN3C(=O)C(=O)N(CCC4=CCCCC4)C3=O)CC2)c1. The van der Waals surface area contributed by atoms with Gasteiger partial charge in [0.15, 0.2) is 0 Å². The minimum Gasteiger partial charge on any atom is -0.354 e. The Balaban J connectivity index is 1.31. The maximum absolute atomic E-state index is 12.7. The van der Waals surface area contributed by atoms with Gasteiger partial charge in [0.2, 0.25) is 0 Å². The van der Waals surface area contributed by atoms with Crippen molar-refractivity contribution in [2.24, 2.45) is 0 Å². The lowest BCUT2D eigenvalue weighted by Crippen LogP contribution is -2.51. The lowest BCUT2D eigenvalue weighted by atomic mass is 9.97. The summed E-state index contributed by atoms with van der Waals surface area (Å²) in [5, 5.41) is 9.06. The molecule has 2 aliphatic heterocycles. The maximum atomic E-state index is 12.7. The van der Waals surface area contributed by atoms with Crippen LogP contribution in [-0.2, 0) is 9.59 Å². The first kappa shape index (κ1) is 21.0. The van der Waals surface area contributed by atoms with Crippen LogP contribution in [0.4, 0.5) is 10.6 Å². The highest BCUT2D eigenvalue weighted by Gasteiger charge is 2.44. The minimum atomic E-state index is -0.742. The van der Waals surface area contributed by atoms with Gasteiger partial charge in [-0.2, -0.15) is 5.26 Å². The molecule has 0 radical (unpaired) electrons. The monoisotopic (exact) mass is 422 g/mol. The van der Waals surface area contributed by atoms with E-state index in [4.69, 9.17) is 5.26 Å². The van der Waals surface area contributed by atoms with E-state index < -0.39 is 17.8 Å². The topological polar surface area (TPSA) is 101 Å². The highest BCUT2D eigenvalue weighted by atomic mass is 16.2. The molecule has 1 aromatic rings. The first-order valence-electron chi connectivity index (χ1n) is 10.8. The number of nitrogens with zero attached hydrogens (tertiary/aromatic N) is 6. The number of hydrogen-bond donors (Lipinski definition) is 0. The molecule has 0 unspecified atom stereocenters. The Labute approximate surface area is 181 Å². The standard InChI is InChI=1S/C22H26N6O3/c23-15-18-6-8-24-19(14-18)26-12-10-25(11-13-26)16-28-21(30)20(29)27(22(28)31)9-7-17-4-2-1-3-5-17/h4,6,8,14H,1-3,5,7,9-13,16H2. The van der Waals surface area contributed by atoms with Crippen LogP contribution in [0.3, 0.4) is 0 Å². The third-order valence-corrected chi connectivity index (χ3v) is 6.09. The van der Waals surface area contributed by atoms with Gasteiger partial charge in [0.1, 0.15) is 5.82 Å². The summed E-state index contributed by atoms with van der Waals surface area (Å²) in [6, 6.07) is 5.01. The van der Waals surface area contributed by atoms with Crippen LogP contribution in [0, 0.1) is 11.3 Å². The molecule has 4 rings (SSSR count). The molecule has 3 heterocycles. The van der Waals surface area contributed by atoms with Gasteiger partial charge in [0, 0.05) is 38.9 Å². The Bertz CT molecular complexity index is 945. The molecule has 162 valence electrons. The Morgan fingerprint density at radius 1 is 1.03 bits per heavy atom. The first-order valence-corrected chi connectivity index (χ1v) is 10.8. The number of anilines is 1. The van der Waals surface area contributed by atoms with Gasteiger partial charge >= 0.3 is 17.8 Å². The minimum absolute atomic E-state index is 0.113. The van der Waals surface area contributed by atoms with Crippen molar-refractivity contribution in [3.8, 4) is 6.07 Å². The van der Waals surface area contributed by atoms with E-state index in [1.807, 2.05) is 4.90 Å². The third kappa shape index (κ3) is 4.59. The number of pyridine rings is 1. The van der Waals surface area contributed by atoms with Gasteiger partial charge in [-0.05, 0) is 44.2 Å². The molecule has 0 aromatic carbocycles. The fraction of sp³-hybridized carbons (Fsp3) is 0.500. The van der Waals surface area contributed by atoms with Gasteiger partial charge in [0.25, 0.3) is 0 Å². The van der Waals surface area contributed by atoms with Crippen LogP contribution in [0.15, 0.2) is 30.0 Å². The molecule has 1 aromatic heterocycles. The molecular weight excluding hydrogens is 396 g/mol. The van der Waals surface area contributed by atoms with E-state index in [0.29, 0.717) is 38.2 Å². The van der Waals surface area contributed by atoms with E-state index in [1.165, 1.54) is 12.0 Å².